The van der Waals surface area contributed by atoms with Gasteiger partial charge in [0, 0.05) is 16.6 Å². The van der Waals surface area contributed by atoms with Crippen LogP contribution in [0, 0.1) is 13.8 Å². The van der Waals surface area contributed by atoms with Gasteiger partial charge in [-0.1, -0.05) is 18.2 Å². The van der Waals surface area contributed by atoms with Crippen molar-refractivity contribution in [2.75, 3.05) is 4.90 Å². The molecule has 0 spiro atoms. The fourth-order valence-electron chi connectivity index (χ4n) is 3.86. The SMILES string of the molecule is Cc1sc2nc(CSC(C)C(=O)N3c4ccccc4CCC3C)[nH]c(=O)c2c1C. The van der Waals surface area contributed by atoms with Gasteiger partial charge < -0.3 is 9.88 Å². The Labute approximate surface area is 178 Å². The van der Waals surface area contributed by atoms with Crippen molar-refractivity contribution in [3.05, 3.63) is 56.4 Å². The predicted molar refractivity (Wildman–Crippen MR) is 122 cm³/mol. The molecule has 5 nitrogen and oxygen atoms in total. The number of carbonyl (C=O) groups excluding carboxylic acids is 1. The predicted octanol–water partition coefficient (Wildman–Crippen LogP) is 4.59. The molecule has 1 aliphatic rings. The summed E-state index contributed by atoms with van der Waals surface area (Å²) in [6.45, 7) is 8.01. The van der Waals surface area contributed by atoms with Crippen molar-refractivity contribution in [2.45, 2.75) is 57.6 Å². The van der Waals surface area contributed by atoms with Crippen molar-refractivity contribution in [3.8, 4) is 0 Å². The van der Waals surface area contributed by atoms with E-state index in [1.165, 1.54) is 17.3 Å². The van der Waals surface area contributed by atoms with Crippen LogP contribution in [0.5, 0.6) is 0 Å². The first-order chi connectivity index (χ1) is 13.9. The molecule has 2 unspecified atom stereocenters. The van der Waals surface area contributed by atoms with E-state index < -0.39 is 0 Å². The Balaban J connectivity index is 1.52. The first-order valence-corrected chi connectivity index (χ1v) is 11.7. The molecule has 29 heavy (non-hydrogen) atoms. The lowest BCUT2D eigenvalue weighted by Crippen LogP contribution is -2.45. The van der Waals surface area contributed by atoms with Gasteiger partial charge in [-0.05, 0) is 57.7 Å². The molecule has 0 fully saturated rings. The molecule has 0 bridgehead atoms. The summed E-state index contributed by atoms with van der Waals surface area (Å²) in [7, 11) is 0. The van der Waals surface area contributed by atoms with Gasteiger partial charge in [-0.15, -0.1) is 23.1 Å². The lowest BCUT2D eigenvalue weighted by molar-refractivity contribution is -0.118. The fraction of sp³-hybridized carbons (Fsp3) is 0.409. The number of hydrogen-bond donors (Lipinski definition) is 1. The first-order valence-electron chi connectivity index (χ1n) is 9.88. The minimum Gasteiger partial charge on any atom is -0.309 e. The van der Waals surface area contributed by atoms with Crippen molar-refractivity contribution in [1.82, 2.24) is 9.97 Å². The Morgan fingerprint density at radius 3 is 2.93 bits per heavy atom. The zero-order valence-corrected chi connectivity index (χ0v) is 18.7. The van der Waals surface area contributed by atoms with Crippen molar-refractivity contribution in [2.24, 2.45) is 0 Å². The summed E-state index contributed by atoms with van der Waals surface area (Å²) in [5.74, 6) is 1.24. The molecule has 0 saturated heterocycles. The van der Waals surface area contributed by atoms with Gasteiger partial charge in [0.2, 0.25) is 5.91 Å². The molecule has 1 aliphatic heterocycles. The number of nitrogens with zero attached hydrogens (tertiary/aromatic N) is 2. The maximum absolute atomic E-state index is 13.2. The summed E-state index contributed by atoms with van der Waals surface area (Å²) in [4.78, 5) is 37.1. The molecule has 4 rings (SSSR count). The topological polar surface area (TPSA) is 66.1 Å². The van der Waals surface area contributed by atoms with Crippen LogP contribution in [0.25, 0.3) is 10.2 Å². The van der Waals surface area contributed by atoms with Crippen LogP contribution in [0.1, 0.15) is 42.1 Å². The van der Waals surface area contributed by atoms with Gasteiger partial charge in [0.25, 0.3) is 5.56 Å². The van der Waals surface area contributed by atoms with Gasteiger partial charge in [0.1, 0.15) is 10.7 Å². The molecule has 152 valence electrons. The maximum atomic E-state index is 13.2. The van der Waals surface area contributed by atoms with Crippen LogP contribution in [0.2, 0.25) is 0 Å². The van der Waals surface area contributed by atoms with E-state index in [2.05, 4.69) is 23.0 Å². The quantitative estimate of drug-likeness (QED) is 0.661. The van der Waals surface area contributed by atoms with Crippen molar-refractivity contribution < 1.29 is 4.79 Å². The summed E-state index contributed by atoms with van der Waals surface area (Å²) in [5, 5.41) is 0.459. The second-order valence-electron chi connectivity index (χ2n) is 7.65. The molecule has 1 N–H and O–H groups in total. The van der Waals surface area contributed by atoms with E-state index in [-0.39, 0.29) is 22.8 Å². The summed E-state index contributed by atoms with van der Waals surface area (Å²) < 4.78 is 0. The molecule has 3 heterocycles. The number of amides is 1. The number of aromatic nitrogens is 2. The van der Waals surface area contributed by atoms with Crippen LogP contribution >= 0.6 is 23.1 Å². The standard InChI is InChI=1S/C22H25N3O2S2/c1-12-9-10-16-7-5-6-8-17(16)25(12)22(27)15(4)28-11-18-23-20(26)19-13(2)14(3)29-21(19)24-18/h5-8,12,15H,9-11H2,1-4H3,(H,23,24,26). The van der Waals surface area contributed by atoms with Gasteiger partial charge in [-0.3, -0.25) is 9.59 Å². The van der Waals surface area contributed by atoms with E-state index >= 15 is 0 Å². The number of thioether (sulfide) groups is 1. The first kappa shape index (κ1) is 20.2. The summed E-state index contributed by atoms with van der Waals surface area (Å²) in [6, 6.07) is 8.35. The molecule has 0 saturated carbocycles. The second-order valence-corrected chi connectivity index (χ2v) is 10.2. The van der Waals surface area contributed by atoms with E-state index in [4.69, 9.17) is 0 Å². The summed E-state index contributed by atoms with van der Waals surface area (Å²) >= 11 is 3.06. The number of nitrogens with one attached hydrogen (secondary N) is 1. The number of H-pyrrole nitrogens is 1. The highest BCUT2D eigenvalue weighted by Crippen LogP contribution is 2.33. The Bertz CT molecular complexity index is 1130. The number of aromatic amines is 1. The van der Waals surface area contributed by atoms with E-state index in [0.29, 0.717) is 17.0 Å². The molecule has 1 amide bonds. The lowest BCUT2D eigenvalue weighted by atomic mass is 9.96. The summed E-state index contributed by atoms with van der Waals surface area (Å²) in [5.41, 5.74) is 3.17. The van der Waals surface area contributed by atoms with Crippen LogP contribution in [0.15, 0.2) is 29.1 Å². The molecule has 2 atom stereocenters. The van der Waals surface area contributed by atoms with Gasteiger partial charge in [0.05, 0.1) is 16.4 Å². The fourth-order valence-corrected chi connectivity index (χ4v) is 5.71. The van der Waals surface area contributed by atoms with E-state index in [1.54, 1.807) is 11.3 Å². The highest BCUT2D eigenvalue weighted by atomic mass is 32.2. The Morgan fingerprint density at radius 1 is 1.38 bits per heavy atom. The number of fused-ring (bicyclic) bond motifs is 2. The van der Waals surface area contributed by atoms with Crippen LogP contribution in [0.3, 0.4) is 0 Å². The van der Waals surface area contributed by atoms with Crippen LogP contribution in [-0.4, -0.2) is 27.2 Å². The molecular weight excluding hydrogens is 402 g/mol. The molecule has 1 aromatic carbocycles. The number of rotatable bonds is 4. The van der Waals surface area contributed by atoms with E-state index in [1.807, 2.05) is 43.9 Å². The number of para-hydroxylation sites is 1. The third kappa shape index (κ3) is 3.73. The normalized spacial score (nSPS) is 17.4. The number of aryl methyl sites for hydroxylation is 3. The molecular formula is C22H25N3O2S2. The van der Waals surface area contributed by atoms with Gasteiger partial charge in [-0.2, -0.15) is 0 Å². The average Bonchev–Trinajstić information content (AvgIpc) is 2.99. The third-order valence-electron chi connectivity index (χ3n) is 5.67. The highest BCUT2D eigenvalue weighted by molar-refractivity contribution is 7.99. The van der Waals surface area contributed by atoms with Crippen molar-refractivity contribution in [3.63, 3.8) is 0 Å². The highest BCUT2D eigenvalue weighted by Gasteiger charge is 2.31. The van der Waals surface area contributed by atoms with Gasteiger partial charge >= 0.3 is 0 Å². The number of anilines is 1. The average molecular weight is 428 g/mol. The minimum atomic E-state index is -0.226. The zero-order chi connectivity index (χ0) is 20.7. The van der Waals surface area contributed by atoms with Crippen LogP contribution < -0.4 is 10.5 Å². The number of carbonyl (C=O) groups is 1. The second kappa shape index (κ2) is 7.95. The van der Waals surface area contributed by atoms with Crippen LogP contribution in [-0.2, 0) is 17.0 Å². The molecule has 2 aromatic heterocycles. The Hall–Kier alpha value is -2.12. The third-order valence-corrected chi connectivity index (χ3v) is 7.91. The van der Waals surface area contributed by atoms with Crippen molar-refractivity contribution in [1.29, 1.82) is 0 Å². The molecule has 3 aromatic rings. The Morgan fingerprint density at radius 2 is 2.14 bits per heavy atom. The molecule has 7 heteroatoms. The number of hydrogen-bond acceptors (Lipinski definition) is 5. The van der Waals surface area contributed by atoms with Crippen LogP contribution in [0.4, 0.5) is 5.69 Å². The lowest BCUT2D eigenvalue weighted by Gasteiger charge is -2.36. The Kier molecular flexibility index (Phi) is 5.53. The summed E-state index contributed by atoms with van der Waals surface area (Å²) in [6.07, 6.45) is 1.98. The van der Waals surface area contributed by atoms with Gasteiger partial charge in [-0.25, -0.2) is 4.98 Å². The minimum absolute atomic E-state index is 0.0926. The van der Waals surface area contributed by atoms with Gasteiger partial charge in [0.15, 0.2) is 0 Å². The molecule has 0 aliphatic carbocycles. The van der Waals surface area contributed by atoms with Crippen molar-refractivity contribution >= 4 is 44.9 Å². The molecule has 0 radical (unpaired) electrons. The number of thiophene rings is 1. The number of benzene rings is 1. The monoisotopic (exact) mass is 427 g/mol. The maximum Gasteiger partial charge on any atom is 0.259 e. The van der Waals surface area contributed by atoms with E-state index in [9.17, 15) is 9.59 Å². The smallest absolute Gasteiger partial charge is 0.259 e. The zero-order valence-electron chi connectivity index (χ0n) is 17.1. The largest absolute Gasteiger partial charge is 0.309 e. The van der Waals surface area contributed by atoms with E-state index in [0.717, 1.165) is 33.8 Å².